The average molecular weight is 417 g/mol. The predicted octanol–water partition coefficient (Wildman–Crippen LogP) is 1.02. The molecule has 1 aromatic rings. The number of piperazine rings is 1. The van der Waals surface area contributed by atoms with Gasteiger partial charge in [-0.3, -0.25) is 14.4 Å². The van der Waals surface area contributed by atoms with E-state index in [1.165, 1.54) is 0 Å². The predicted molar refractivity (Wildman–Crippen MR) is 113 cm³/mol. The van der Waals surface area contributed by atoms with E-state index in [-0.39, 0.29) is 30.0 Å². The van der Waals surface area contributed by atoms with Crippen LogP contribution in [0.2, 0.25) is 0 Å². The van der Waals surface area contributed by atoms with E-state index in [0.29, 0.717) is 13.0 Å². The molecule has 0 spiro atoms. The molecule has 2 saturated heterocycles. The third-order valence-electron chi connectivity index (χ3n) is 5.90. The van der Waals surface area contributed by atoms with E-state index in [4.69, 9.17) is 0 Å². The van der Waals surface area contributed by atoms with Crippen molar-refractivity contribution in [1.29, 1.82) is 0 Å². The standard InChI is InChI=1S/C22H32N4O4/c1-25(2)12-6-4-3-5-11-23-21(29)17-13-18-22(30)24-14-19(28)26(18)20(17)15-7-9-16(27)10-8-15/h7-10,17-18,20,27H,3-6,11-14H2,1-2H3,(H,23,29)(H,24,30)/t17-,18-,20-/m0/s1. The Kier molecular flexibility index (Phi) is 7.31. The first-order chi connectivity index (χ1) is 14.4. The molecule has 0 unspecified atom stereocenters. The monoisotopic (exact) mass is 416 g/mol. The van der Waals surface area contributed by atoms with Crippen LogP contribution in [0, 0.1) is 5.92 Å². The SMILES string of the molecule is CN(C)CCCCCCNC(=O)[C@H]1C[C@H]2C(=O)NCC(=O)N2[C@H]1c1ccc(O)cc1. The minimum Gasteiger partial charge on any atom is -0.508 e. The van der Waals surface area contributed by atoms with Crippen LogP contribution >= 0.6 is 0 Å². The molecule has 30 heavy (non-hydrogen) atoms. The highest BCUT2D eigenvalue weighted by molar-refractivity contribution is 5.97. The van der Waals surface area contributed by atoms with Gasteiger partial charge in [-0.2, -0.15) is 0 Å². The normalized spacial score (nSPS) is 23.4. The lowest BCUT2D eigenvalue weighted by molar-refractivity contribution is -0.145. The fourth-order valence-corrected chi connectivity index (χ4v) is 4.37. The minimum absolute atomic E-state index is 0.0504. The van der Waals surface area contributed by atoms with E-state index in [0.717, 1.165) is 37.8 Å². The van der Waals surface area contributed by atoms with Crippen LogP contribution in [-0.2, 0) is 14.4 Å². The second-order valence-corrected chi connectivity index (χ2v) is 8.42. The molecule has 2 fully saturated rings. The van der Waals surface area contributed by atoms with Crippen molar-refractivity contribution in [1.82, 2.24) is 20.4 Å². The quantitative estimate of drug-likeness (QED) is 0.522. The Morgan fingerprint density at radius 2 is 1.87 bits per heavy atom. The Morgan fingerprint density at radius 1 is 1.17 bits per heavy atom. The number of benzene rings is 1. The Balaban J connectivity index is 1.64. The van der Waals surface area contributed by atoms with Gasteiger partial charge in [0.2, 0.25) is 17.7 Å². The van der Waals surface area contributed by atoms with Gasteiger partial charge in [-0.25, -0.2) is 0 Å². The van der Waals surface area contributed by atoms with Crippen molar-refractivity contribution in [3.05, 3.63) is 29.8 Å². The molecule has 8 heteroatoms. The number of hydrogen-bond acceptors (Lipinski definition) is 5. The summed E-state index contributed by atoms with van der Waals surface area (Å²) < 4.78 is 0. The zero-order chi connectivity index (χ0) is 21.7. The number of nitrogens with zero attached hydrogens (tertiary/aromatic N) is 2. The van der Waals surface area contributed by atoms with Gasteiger partial charge in [-0.15, -0.1) is 0 Å². The van der Waals surface area contributed by atoms with E-state index in [1.807, 2.05) is 0 Å². The van der Waals surface area contributed by atoms with Crippen molar-refractivity contribution in [2.45, 2.75) is 44.2 Å². The van der Waals surface area contributed by atoms with Crippen LogP contribution in [0.5, 0.6) is 5.75 Å². The van der Waals surface area contributed by atoms with Gasteiger partial charge in [0.05, 0.1) is 18.5 Å². The van der Waals surface area contributed by atoms with Gasteiger partial charge < -0.3 is 25.5 Å². The number of phenols is 1. The van der Waals surface area contributed by atoms with Gasteiger partial charge in [0.1, 0.15) is 11.8 Å². The van der Waals surface area contributed by atoms with Crippen molar-refractivity contribution < 1.29 is 19.5 Å². The molecular formula is C22H32N4O4. The summed E-state index contributed by atoms with van der Waals surface area (Å²) in [6, 6.07) is 5.38. The molecule has 1 aromatic carbocycles. The smallest absolute Gasteiger partial charge is 0.243 e. The number of phenolic OH excluding ortho intramolecular Hbond substituents is 1. The molecule has 2 aliphatic heterocycles. The first-order valence-electron chi connectivity index (χ1n) is 10.7. The lowest BCUT2D eigenvalue weighted by Crippen LogP contribution is -2.56. The van der Waals surface area contributed by atoms with Gasteiger partial charge in [-0.05, 0) is 57.6 Å². The third-order valence-corrected chi connectivity index (χ3v) is 5.90. The number of aromatic hydroxyl groups is 1. The summed E-state index contributed by atoms with van der Waals surface area (Å²) in [5.74, 6) is -0.910. The zero-order valence-electron chi connectivity index (χ0n) is 17.8. The Morgan fingerprint density at radius 3 is 2.57 bits per heavy atom. The van der Waals surface area contributed by atoms with Crippen molar-refractivity contribution in [2.75, 3.05) is 33.7 Å². The fraction of sp³-hybridized carbons (Fsp3) is 0.591. The summed E-state index contributed by atoms with van der Waals surface area (Å²) in [5.41, 5.74) is 0.752. The number of nitrogens with one attached hydrogen (secondary N) is 2. The summed E-state index contributed by atoms with van der Waals surface area (Å²) in [6.45, 7) is 1.60. The van der Waals surface area contributed by atoms with Crippen LogP contribution in [0.25, 0.3) is 0 Å². The summed E-state index contributed by atoms with van der Waals surface area (Å²) in [6.07, 6.45) is 4.52. The summed E-state index contributed by atoms with van der Waals surface area (Å²) in [4.78, 5) is 41.6. The number of fused-ring (bicyclic) bond motifs is 1. The van der Waals surface area contributed by atoms with E-state index < -0.39 is 18.0 Å². The maximum absolute atomic E-state index is 13.0. The molecular weight excluding hydrogens is 384 g/mol. The molecule has 0 aliphatic carbocycles. The summed E-state index contributed by atoms with van der Waals surface area (Å²) >= 11 is 0. The first-order valence-corrected chi connectivity index (χ1v) is 10.7. The number of hydrogen-bond donors (Lipinski definition) is 3. The number of carbonyl (C=O) groups is 3. The van der Waals surface area contributed by atoms with E-state index in [1.54, 1.807) is 29.2 Å². The first kappa shape index (κ1) is 22.1. The van der Waals surface area contributed by atoms with Crippen molar-refractivity contribution in [3.63, 3.8) is 0 Å². The average Bonchev–Trinajstić information content (AvgIpc) is 3.12. The number of rotatable bonds is 9. The highest BCUT2D eigenvalue weighted by Gasteiger charge is 2.51. The van der Waals surface area contributed by atoms with Crippen LogP contribution < -0.4 is 10.6 Å². The molecule has 8 nitrogen and oxygen atoms in total. The minimum atomic E-state index is -0.633. The highest BCUT2D eigenvalue weighted by Crippen LogP contribution is 2.42. The van der Waals surface area contributed by atoms with Crippen molar-refractivity contribution >= 4 is 17.7 Å². The lowest BCUT2D eigenvalue weighted by Gasteiger charge is -2.34. The fourth-order valence-electron chi connectivity index (χ4n) is 4.37. The molecule has 2 heterocycles. The van der Waals surface area contributed by atoms with Gasteiger partial charge in [0, 0.05) is 6.54 Å². The molecule has 3 rings (SSSR count). The van der Waals surface area contributed by atoms with Crippen LogP contribution in [0.3, 0.4) is 0 Å². The number of unbranched alkanes of at least 4 members (excludes halogenated alkanes) is 3. The van der Waals surface area contributed by atoms with Crippen LogP contribution in [-0.4, -0.2) is 72.4 Å². The topological polar surface area (TPSA) is 102 Å². The second-order valence-electron chi connectivity index (χ2n) is 8.42. The molecule has 164 valence electrons. The van der Waals surface area contributed by atoms with Crippen LogP contribution in [0.1, 0.15) is 43.7 Å². The van der Waals surface area contributed by atoms with Gasteiger partial charge >= 0.3 is 0 Å². The maximum atomic E-state index is 13.0. The number of amides is 3. The molecule has 0 aromatic heterocycles. The van der Waals surface area contributed by atoms with E-state index in [2.05, 4.69) is 29.6 Å². The second kappa shape index (κ2) is 9.93. The third kappa shape index (κ3) is 5.11. The summed E-state index contributed by atoms with van der Waals surface area (Å²) in [5, 5.41) is 15.2. The molecule has 3 amide bonds. The molecule has 3 atom stereocenters. The molecule has 2 aliphatic rings. The Labute approximate surface area is 177 Å². The summed E-state index contributed by atoms with van der Waals surface area (Å²) in [7, 11) is 4.12. The largest absolute Gasteiger partial charge is 0.508 e. The lowest BCUT2D eigenvalue weighted by atomic mass is 9.92. The molecule has 0 saturated carbocycles. The Bertz CT molecular complexity index is 765. The molecule has 0 bridgehead atoms. The highest BCUT2D eigenvalue weighted by atomic mass is 16.3. The molecule has 3 N–H and O–H groups in total. The van der Waals surface area contributed by atoms with E-state index in [9.17, 15) is 19.5 Å². The van der Waals surface area contributed by atoms with Crippen LogP contribution in [0.4, 0.5) is 0 Å². The number of carbonyl (C=O) groups excluding carboxylic acids is 3. The van der Waals surface area contributed by atoms with Crippen molar-refractivity contribution in [2.24, 2.45) is 5.92 Å². The molecule has 0 radical (unpaired) electrons. The Hall–Kier alpha value is -2.61. The zero-order valence-corrected chi connectivity index (χ0v) is 17.8. The van der Waals surface area contributed by atoms with Crippen LogP contribution in [0.15, 0.2) is 24.3 Å². The van der Waals surface area contributed by atoms with Gasteiger partial charge in [0.15, 0.2) is 0 Å². The van der Waals surface area contributed by atoms with Gasteiger partial charge in [0.25, 0.3) is 0 Å². The maximum Gasteiger partial charge on any atom is 0.243 e. The van der Waals surface area contributed by atoms with E-state index >= 15 is 0 Å². The van der Waals surface area contributed by atoms with Gasteiger partial charge in [-0.1, -0.05) is 25.0 Å². The van der Waals surface area contributed by atoms with Crippen molar-refractivity contribution in [3.8, 4) is 5.75 Å².